The number of halogens is 1. The van der Waals surface area contributed by atoms with Crippen LogP contribution in [-0.4, -0.2) is 49.6 Å². The van der Waals surface area contributed by atoms with Crippen LogP contribution in [0.2, 0.25) is 5.02 Å². The average molecular weight is 513 g/mol. The van der Waals surface area contributed by atoms with Gasteiger partial charge in [-0.25, -0.2) is 8.42 Å². The van der Waals surface area contributed by atoms with E-state index < -0.39 is 10.0 Å². The van der Waals surface area contributed by atoms with Crippen LogP contribution in [0.3, 0.4) is 0 Å². The second-order valence-electron chi connectivity index (χ2n) is 9.04. The molecule has 2 aromatic carbocycles. The number of rotatable bonds is 8. The van der Waals surface area contributed by atoms with E-state index in [0.29, 0.717) is 30.1 Å². The van der Waals surface area contributed by atoms with Crippen molar-refractivity contribution in [1.82, 2.24) is 9.21 Å². The molecule has 0 aromatic heterocycles. The monoisotopic (exact) mass is 512 g/mol. The summed E-state index contributed by atoms with van der Waals surface area (Å²) in [5, 5.41) is 0.695. The number of ketones is 1. The molecule has 0 unspecified atom stereocenters. The summed E-state index contributed by atoms with van der Waals surface area (Å²) >= 11 is 6.07. The van der Waals surface area contributed by atoms with Crippen LogP contribution in [0.15, 0.2) is 70.3 Å². The van der Waals surface area contributed by atoms with E-state index in [1.54, 1.807) is 18.2 Å². The Labute approximate surface area is 214 Å². The van der Waals surface area contributed by atoms with Crippen LogP contribution in [0.25, 0.3) is 6.08 Å². The summed E-state index contributed by atoms with van der Waals surface area (Å²) in [5.41, 5.74) is 4.45. The minimum Gasteiger partial charge on any atom is -0.371 e. The fourth-order valence-corrected chi connectivity index (χ4v) is 6.64. The van der Waals surface area contributed by atoms with E-state index in [1.807, 2.05) is 38.1 Å². The Bertz CT molecular complexity index is 1240. The van der Waals surface area contributed by atoms with Crippen molar-refractivity contribution < 1.29 is 13.2 Å². The molecule has 0 atom stereocenters. The molecule has 1 aliphatic carbocycles. The van der Waals surface area contributed by atoms with Crippen molar-refractivity contribution in [3.63, 3.8) is 0 Å². The highest BCUT2D eigenvalue weighted by Gasteiger charge is 2.31. The number of hydrogen-bond acceptors (Lipinski definition) is 4. The number of hydrogen-bond donors (Lipinski definition) is 0. The number of allylic oxidation sites excluding steroid dienone is 2. The number of carbonyl (C=O) groups is 1. The van der Waals surface area contributed by atoms with Crippen LogP contribution in [0.1, 0.15) is 61.9 Å². The van der Waals surface area contributed by atoms with Gasteiger partial charge in [0.25, 0.3) is 0 Å². The van der Waals surface area contributed by atoms with Crippen LogP contribution in [-0.2, 0) is 10.0 Å². The molecule has 2 aliphatic rings. The lowest BCUT2D eigenvalue weighted by Crippen LogP contribution is -2.31. The predicted molar refractivity (Wildman–Crippen MR) is 142 cm³/mol. The summed E-state index contributed by atoms with van der Waals surface area (Å²) in [6, 6.07) is 14.2. The number of piperidine rings is 1. The summed E-state index contributed by atoms with van der Waals surface area (Å²) in [6.45, 7) is 6.28. The van der Waals surface area contributed by atoms with Crippen LogP contribution >= 0.6 is 11.6 Å². The number of Topliss-reactive ketones (excluding diaryl/α,β-unsaturated/α-hetero) is 1. The van der Waals surface area contributed by atoms with E-state index in [-0.39, 0.29) is 10.7 Å². The lowest BCUT2D eigenvalue weighted by atomic mass is 10.00. The third-order valence-corrected chi connectivity index (χ3v) is 9.13. The Morgan fingerprint density at radius 1 is 1.00 bits per heavy atom. The summed E-state index contributed by atoms with van der Waals surface area (Å²) in [7, 11) is -3.64. The molecule has 1 aliphatic heterocycles. The van der Waals surface area contributed by atoms with Gasteiger partial charge in [-0.15, -0.1) is 0 Å². The first kappa shape index (κ1) is 25.7. The Kier molecular flexibility index (Phi) is 8.15. The zero-order valence-electron chi connectivity index (χ0n) is 20.5. The number of likely N-dealkylation sites (tertiary alicyclic amines) is 1. The van der Waals surface area contributed by atoms with Gasteiger partial charge < -0.3 is 4.90 Å². The van der Waals surface area contributed by atoms with Crippen molar-refractivity contribution in [1.29, 1.82) is 0 Å². The molecule has 7 heteroatoms. The largest absolute Gasteiger partial charge is 0.371 e. The number of carbonyl (C=O) groups excluding carboxylic acids is 1. The Morgan fingerprint density at radius 3 is 2.34 bits per heavy atom. The SMILES string of the molecule is CCN(CC)S(=O)(=O)c1cccc(C(=O)C2=C(N3CCCCC3)/C(=C\c3ccc(Cl)cc3)CC2)c1. The van der Waals surface area contributed by atoms with Gasteiger partial charge in [-0.2, -0.15) is 4.31 Å². The third-order valence-electron chi connectivity index (χ3n) is 6.83. The van der Waals surface area contributed by atoms with Gasteiger partial charge >= 0.3 is 0 Å². The third kappa shape index (κ3) is 5.55. The molecule has 35 heavy (non-hydrogen) atoms. The Hall–Kier alpha value is -2.41. The number of sulfonamides is 1. The molecule has 0 radical (unpaired) electrons. The zero-order chi connectivity index (χ0) is 25.0. The fourth-order valence-electron chi connectivity index (χ4n) is 5.01. The first-order chi connectivity index (χ1) is 16.8. The minimum absolute atomic E-state index is 0.0818. The van der Waals surface area contributed by atoms with Gasteiger partial charge in [0.1, 0.15) is 0 Å². The van der Waals surface area contributed by atoms with Crippen LogP contribution < -0.4 is 0 Å². The molecule has 4 rings (SSSR count). The summed E-state index contributed by atoms with van der Waals surface area (Å²) in [5.74, 6) is -0.0818. The fraction of sp³-hybridized carbons (Fsp3) is 0.393. The Morgan fingerprint density at radius 2 is 1.69 bits per heavy atom. The van der Waals surface area contributed by atoms with Crippen molar-refractivity contribution in [2.75, 3.05) is 26.2 Å². The van der Waals surface area contributed by atoms with E-state index >= 15 is 0 Å². The topological polar surface area (TPSA) is 57.7 Å². The zero-order valence-corrected chi connectivity index (χ0v) is 22.0. The molecular weight excluding hydrogens is 480 g/mol. The van der Waals surface area contributed by atoms with Crippen molar-refractivity contribution in [3.05, 3.63) is 81.5 Å². The highest BCUT2D eigenvalue weighted by molar-refractivity contribution is 7.89. The van der Waals surface area contributed by atoms with Crippen LogP contribution in [0.5, 0.6) is 0 Å². The molecule has 0 N–H and O–H groups in total. The quantitative estimate of drug-likeness (QED) is 0.397. The van der Waals surface area contributed by atoms with Crippen molar-refractivity contribution in [2.24, 2.45) is 0 Å². The molecule has 5 nitrogen and oxygen atoms in total. The minimum atomic E-state index is -3.64. The molecule has 1 saturated heterocycles. The van der Waals surface area contributed by atoms with E-state index in [2.05, 4.69) is 11.0 Å². The normalized spacial score (nSPS) is 18.1. The van der Waals surface area contributed by atoms with Gasteiger partial charge in [0.15, 0.2) is 5.78 Å². The smallest absolute Gasteiger partial charge is 0.243 e. The lowest BCUT2D eigenvalue weighted by Gasteiger charge is -2.31. The molecule has 1 fully saturated rings. The maximum atomic E-state index is 13.8. The molecule has 2 aromatic rings. The molecule has 0 saturated carbocycles. The standard InChI is InChI=1S/C28H33ClN2O3S/c1-3-31(4-2)35(33,34)25-10-8-9-23(20-25)28(32)26-16-13-22(19-21-11-14-24(29)15-12-21)27(26)30-17-6-5-7-18-30/h8-12,14-15,19-20H,3-7,13,16-18H2,1-2H3/b22-19-. The van der Waals surface area contributed by atoms with E-state index in [0.717, 1.165) is 54.8 Å². The molecule has 186 valence electrons. The number of nitrogens with zero attached hydrogens (tertiary/aromatic N) is 2. The second kappa shape index (κ2) is 11.1. The van der Waals surface area contributed by atoms with Gasteiger partial charge in [0.2, 0.25) is 10.0 Å². The first-order valence-electron chi connectivity index (χ1n) is 12.4. The van der Waals surface area contributed by atoms with Gasteiger partial charge in [0, 0.05) is 48.0 Å². The Balaban J connectivity index is 1.74. The van der Waals surface area contributed by atoms with Crippen LogP contribution in [0, 0.1) is 0 Å². The first-order valence-corrected chi connectivity index (χ1v) is 14.3. The highest BCUT2D eigenvalue weighted by Crippen LogP contribution is 2.38. The van der Waals surface area contributed by atoms with Crippen LogP contribution in [0.4, 0.5) is 0 Å². The average Bonchev–Trinajstić information content (AvgIpc) is 3.29. The van der Waals surface area contributed by atoms with Gasteiger partial charge in [-0.05, 0) is 73.6 Å². The van der Waals surface area contributed by atoms with Crippen molar-refractivity contribution in [2.45, 2.75) is 50.8 Å². The predicted octanol–water partition coefficient (Wildman–Crippen LogP) is 6.17. The lowest BCUT2D eigenvalue weighted by molar-refractivity contribution is 0.102. The van der Waals surface area contributed by atoms with E-state index in [1.165, 1.54) is 16.8 Å². The maximum absolute atomic E-state index is 13.8. The molecule has 0 amide bonds. The summed E-state index contributed by atoms with van der Waals surface area (Å²) < 4.78 is 27.5. The van der Waals surface area contributed by atoms with E-state index in [4.69, 9.17) is 11.6 Å². The molecule has 0 bridgehead atoms. The van der Waals surface area contributed by atoms with Crippen molar-refractivity contribution in [3.8, 4) is 0 Å². The van der Waals surface area contributed by atoms with E-state index in [9.17, 15) is 13.2 Å². The van der Waals surface area contributed by atoms with Gasteiger partial charge in [0.05, 0.1) is 4.90 Å². The second-order valence-corrected chi connectivity index (χ2v) is 11.4. The summed E-state index contributed by atoms with van der Waals surface area (Å²) in [6.07, 6.45) is 7.01. The maximum Gasteiger partial charge on any atom is 0.243 e. The molecule has 1 heterocycles. The highest BCUT2D eigenvalue weighted by atomic mass is 35.5. The van der Waals surface area contributed by atoms with Crippen molar-refractivity contribution >= 4 is 33.5 Å². The van der Waals surface area contributed by atoms with Gasteiger partial charge in [-0.3, -0.25) is 4.79 Å². The number of benzene rings is 2. The summed E-state index contributed by atoms with van der Waals surface area (Å²) in [4.78, 5) is 16.3. The molecule has 0 spiro atoms. The molecular formula is C28H33ClN2O3S. The van der Waals surface area contributed by atoms with Gasteiger partial charge in [-0.1, -0.05) is 49.7 Å².